The van der Waals surface area contributed by atoms with E-state index in [1.54, 1.807) is 18.2 Å². The number of hydrogen-bond donors (Lipinski definition) is 1. The van der Waals surface area contributed by atoms with Gasteiger partial charge in [-0.25, -0.2) is 18.4 Å². The fourth-order valence-electron chi connectivity index (χ4n) is 2.20. The molecule has 0 bridgehead atoms. The van der Waals surface area contributed by atoms with Crippen molar-refractivity contribution in [1.29, 1.82) is 0 Å². The zero-order chi connectivity index (χ0) is 17.2. The molecule has 0 atom stereocenters. The van der Waals surface area contributed by atoms with E-state index in [2.05, 4.69) is 14.7 Å². The van der Waals surface area contributed by atoms with Gasteiger partial charge in [-0.3, -0.25) is 4.72 Å². The minimum Gasteiger partial charge on any atom is -0.263 e. The molecule has 0 saturated carbocycles. The Morgan fingerprint density at radius 1 is 0.958 bits per heavy atom. The summed E-state index contributed by atoms with van der Waals surface area (Å²) in [5.74, 6) is 0.141. The quantitative estimate of drug-likeness (QED) is 0.717. The molecule has 5 nitrogen and oxygen atoms in total. The van der Waals surface area contributed by atoms with Crippen LogP contribution in [0.15, 0.2) is 65.8 Å². The van der Waals surface area contributed by atoms with Crippen LogP contribution < -0.4 is 4.72 Å². The van der Waals surface area contributed by atoms with Crippen molar-refractivity contribution in [1.82, 2.24) is 9.97 Å². The third-order valence-electron chi connectivity index (χ3n) is 3.43. The van der Waals surface area contributed by atoms with Crippen molar-refractivity contribution in [3.63, 3.8) is 0 Å². The highest BCUT2D eigenvalue weighted by molar-refractivity contribution is 7.92. The highest BCUT2D eigenvalue weighted by atomic mass is 35.5. The molecule has 24 heavy (non-hydrogen) atoms. The third kappa shape index (κ3) is 3.39. The molecule has 0 saturated heterocycles. The fourth-order valence-corrected chi connectivity index (χ4v) is 3.49. The smallest absolute Gasteiger partial charge is 0.263 e. The lowest BCUT2D eigenvalue weighted by Gasteiger charge is -2.12. The lowest BCUT2D eigenvalue weighted by molar-refractivity contribution is 0.601. The molecule has 0 aliphatic carbocycles. The van der Waals surface area contributed by atoms with Gasteiger partial charge in [0.05, 0.1) is 10.5 Å². The molecular formula is C17H14ClN3O2S. The van der Waals surface area contributed by atoms with E-state index in [4.69, 9.17) is 11.6 Å². The monoisotopic (exact) mass is 359 g/mol. The van der Waals surface area contributed by atoms with Crippen molar-refractivity contribution in [2.24, 2.45) is 0 Å². The predicted octanol–water partition coefficient (Wildman–Crippen LogP) is 3.91. The molecule has 0 unspecified atom stereocenters. The Morgan fingerprint density at radius 3 is 2.29 bits per heavy atom. The van der Waals surface area contributed by atoms with Gasteiger partial charge in [-0.15, -0.1) is 0 Å². The number of anilines is 1. The molecule has 3 aromatic rings. The summed E-state index contributed by atoms with van der Waals surface area (Å²) in [6.45, 7) is 1.96. The van der Waals surface area contributed by atoms with Gasteiger partial charge in [0.2, 0.25) is 0 Å². The highest BCUT2D eigenvalue weighted by Gasteiger charge is 2.19. The Labute approximate surface area is 145 Å². The van der Waals surface area contributed by atoms with Gasteiger partial charge < -0.3 is 0 Å². The minimum absolute atomic E-state index is 0.141. The van der Waals surface area contributed by atoms with Crippen LogP contribution in [-0.2, 0) is 10.0 Å². The molecule has 0 aliphatic heterocycles. The standard InChI is InChI=1S/C17H14ClN3O2S/c1-12-7-9-13(10-8-12)15-16(18)19-11-20-17(15)21-24(22,23)14-5-3-2-4-6-14/h2-11H,1H3,(H,19,20,21). The van der Waals surface area contributed by atoms with E-state index in [0.717, 1.165) is 11.1 Å². The number of halogens is 1. The molecule has 0 amide bonds. The summed E-state index contributed by atoms with van der Waals surface area (Å²) in [5.41, 5.74) is 2.26. The molecule has 7 heteroatoms. The van der Waals surface area contributed by atoms with Gasteiger partial charge in [-0.2, -0.15) is 0 Å². The molecule has 1 aromatic heterocycles. The average Bonchev–Trinajstić information content (AvgIpc) is 2.57. The van der Waals surface area contributed by atoms with Crippen LogP contribution in [0.4, 0.5) is 5.82 Å². The third-order valence-corrected chi connectivity index (χ3v) is 5.07. The van der Waals surface area contributed by atoms with Crippen molar-refractivity contribution in [2.45, 2.75) is 11.8 Å². The van der Waals surface area contributed by atoms with Crippen LogP contribution in [0.3, 0.4) is 0 Å². The summed E-state index contributed by atoms with van der Waals surface area (Å²) < 4.78 is 27.6. The molecule has 0 radical (unpaired) electrons. The maximum Gasteiger partial charge on any atom is 0.263 e. The van der Waals surface area contributed by atoms with E-state index in [9.17, 15) is 8.42 Å². The second kappa shape index (κ2) is 6.59. The van der Waals surface area contributed by atoms with Gasteiger partial charge in [0, 0.05) is 0 Å². The molecule has 1 N–H and O–H groups in total. The molecule has 1 heterocycles. The number of aryl methyl sites for hydroxylation is 1. The number of sulfonamides is 1. The molecule has 0 fully saturated rings. The molecule has 3 rings (SSSR count). The van der Waals surface area contributed by atoms with E-state index < -0.39 is 10.0 Å². The second-order valence-corrected chi connectivity index (χ2v) is 7.21. The normalized spacial score (nSPS) is 11.2. The second-order valence-electron chi connectivity index (χ2n) is 5.17. The first-order valence-corrected chi connectivity index (χ1v) is 8.99. The summed E-state index contributed by atoms with van der Waals surface area (Å²) in [6, 6.07) is 15.6. The SMILES string of the molecule is Cc1ccc(-c2c(Cl)ncnc2NS(=O)(=O)c2ccccc2)cc1. The largest absolute Gasteiger partial charge is 0.263 e. The molecule has 122 valence electrons. The van der Waals surface area contributed by atoms with Crippen molar-refractivity contribution in [3.05, 3.63) is 71.6 Å². The maximum atomic E-state index is 12.5. The van der Waals surface area contributed by atoms with Crippen molar-refractivity contribution < 1.29 is 8.42 Å². The zero-order valence-corrected chi connectivity index (χ0v) is 14.3. The fraction of sp³-hybridized carbons (Fsp3) is 0.0588. The number of benzene rings is 2. The lowest BCUT2D eigenvalue weighted by Crippen LogP contribution is -2.15. The Morgan fingerprint density at radius 2 is 1.62 bits per heavy atom. The first kappa shape index (κ1) is 16.4. The van der Waals surface area contributed by atoms with Gasteiger partial charge >= 0.3 is 0 Å². The van der Waals surface area contributed by atoms with Crippen LogP contribution in [0.1, 0.15) is 5.56 Å². The van der Waals surface area contributed by atoms with Crippen molar-refractivity contribution in [3.8, 4) is 11.1 Å². The Kier molecular flexibility index (Phi) is 4.51. The van der Waals surface area contributed by atoms with Crippen LogP contribution in [-0.4, -0.2) is 18.4 Å². The Balaban J connectivity index is 2.06. The average molecular weight is 360 g/mol. The number of nitrogens with zero attached hydrogens (tertiary/aromatic N) is 2. The van der Waals surface area contributed by atoms with Gasteiger partial charge in [-0.1, -0.05) is 59.6 Å². The summed E-state index contributed by atoms with van der Waals surface area (Å²) in [6.07, 6.45) is 1.23. The van der Waals surface area contributed by atoms with E-state index in [1.165, 1.54) is 18.5 Å². The highest BCUT2D eigenvalue weighted by Crippen LogP contribution is 2.33. The first-order valence-electron chi connectivity index (χ1n) is 7.13. The molecular weight excluding hydrogens is 346 g/mol. The van der Waals surface area contributed by atoms with Crippen LogP contribution in [0.5, 0.6) is 0 Å². The zero-order valence-electron chi connectivity index (χ0n) is 12.8. The van der Waals surface area contributed by atoms with Crippen LogP contribution in [0.25, 0.3) is 11.1 Å². The van der Waals surface area contributed by atoms with Crippen LogP contribution in [0, 0.1) is 6.92 Å². The van der Waals surface area contributed by atoms with E-state index >= 15 is 0 Å². The van der Waals surface area contributed by atoms with Crippen LogP contribution >= 0.6 is 11.6 Å². The molecule has 0 spiro atoms. The lowest BCUT2D eigenvalue weighted by atomic mass is 10.1. The molecule has 2 aromatic carbocycles. The summed E-state index contributed by atoms with van der Waals surface area (Å²) in [4.78, 5) is 8.17. The minimum atomic E-state index is -3.77. The van der Waals surface area contributed by atoms with Gasteiger partial charge in [0.15, 0.2) is 5.82 Å². The predicted molar refractivity (Wildman–Crippen MR) is 94.5 cm³/mol. The summed E-state index contributed by atoms with van der Waals surface area (Å²) in [5, 5.41) is 0.180. The Bertz CT molecular complexity index is 959. The summed E-state index contributed by atoms with van der Waals surface area (Å²) in [7, 11) is -3.77. The van der Waals surface area contributed by atoms with Gasteiger partial charge in [0.1, 0.15) is 11.5 Å². The van der Waals surface area contributed by atoms with E-state index in [1.807, 2.05) is 31.2 Å². The Hall–Kier alpha value is -2.44. The van der Waals surface area contributed by atoms with Gasteiger partial charge in [-0.05, 0) is 24.6 Å². The van der Waals surface area contributed by atoms with E-state index in [0.29, 0.717) is 5.56 Å². The summed E-state index contributed by atoms with van der Waals surface area (Å²) >= 11 is 6.19. The maximum absolute atomic E-state index is 12.5. The van der Waals surface area contributed by atoms with Crippen molar-refractivity contribution in [2.75, 3.05) is 4.72 Å². The van der Waals surface area contributed by atoms with Crippen LogP contribution in [0.2, 0.25) is 5.15 Å². The number of nitrogens with one attached hydrogen (secondary N) is 1. The van der Waals surface area contributed by atoms with Crippen molar-refractivity contribution >= 4 is 27.4 Å². The number of hydrogen-bond acceptors (Lipinski definition) is 4. The molecule has 0 aliphatic rings. The first-order chi connectivity index (χ1) is 11.5. The number of aromatic nitrogens is 2. The van der Waals surface area contributed by atoms with E-state index in [-0.39, 0.29) is 15.9 Å². The van der Waals surface area contributed by atoms with Gasteiger partial charge in [0.25, 0.3) is 10.0 Å². The topological polar surface area (TPSA) is 72.0 Å². The number of rotatable bonds is 4.